The fourth-order valence-electron chi connectivity index (χ4n) is 3.80. The van der Waals surface area contributed by atoms with Crippen molar-refractivity contribution in [2.24, 2.45) is 0 Å². The molecular formula is C26H33N3O3. The predicted molar refractivity (Wildman–Crippen MR) is 128 cm³/mol. The predicted octanol–water partition coefficient (Wildman–Crippen LogP) is 4.40. The summed E-state index contributed by atoms with van der Waals surface area (Å²) >= 11 is 0. The summed E-state index contributed by atoms with van der Waals surface area (Å²) in [6, 6.07) is 15.9. The fraction of sp³-hybridized carbons (Fsp3) is 0.385. The molecule has 0 fully saturated rings. The number of H-pyrrole nitrogens is 1. The highest BCUT2D eigenvalue weighted by Crippen LogP contribution is 2.19. The number of hydrogen-bond acceptors (Lipinski definition) is 3. The molecule has 0 aliphatic carbocycles. The number of aromatic amines is 1. The Bertz CT molecular complexity index is 1030. The minimum Gasteiger partial charge on any atom is -0.497 e. The standard InChI is InChI=1S/C26H33N3O3/c1-4-5-15-28(20(2)30)19-26(31)29(18-21-10-12-23(32-3)13-11-21)16-14-22-17-27-25-9-7-6-8-24(22)25/h6-13,17,27H,4-5,14-16,18-19H2,1-3H3. The molecule has 0 spiro atoms. The quantitative estimate of drug-likeness (QED) is 0.486. The second-order valence-corrected chi connectivity index (χ2v) is 8.07. The first-order valence-corrected chi connectivity index (χ1v) is 11.2. The van der Waals surface area contributed by atoms with Crippen LogP contribution in [0.15, 0.2) is 54.7 Å². The molecule has 1 aromatic heterocycles. The van der Waals surface area contributed by atoms with Crippen LogP contribution < -0.4 is 4.74 Å². The van der Waals surface area contributed by atoms with Crippen LogP contribution in [0.25, 0.3) is 10.9 Å². The van der Waals surface area contributed by atoms with E-state index >= 15 is 0 Å². The van der Waals surface area contributed by atoms with Gasteiger partial charge in [0.25, 0.3) is 0 Å². The normalized spacial score (nSPS) is 10.8. The van der Waals surface area contributed by atoms with E-state index < -0.39 is 0 Å². The lowest BCUT2D eigenvalue weighted by atomic mass is 10.1. The molecule has 0 atom stereocenters. The van der Waals surface area contributed by atoms with Gasteiger partial charge in [0.15, 0.2) is 0 Å². The topological polar surface area (TPSA) is 65.6 Å². The Kier molecular flexibility index (Phi) is 8.31. The van der Waals surface area contributed by atoms with Crippen LogP contribution in [0.5, 0.6) is 5.75 Å². The van der Waals surface area contributed by atoms with Crippen LogP contribution in [-0.2, 0) is 22.6 Å². The minimum atomic E-state index is -0.0622. The molecule has 3 aromatic rings. The second kappa shape index (κ2) is 11.4. The fourth-order valence-corrected chi connectivity index (χ4v) is 3.80. The van der Waals surface area contributed by atoms with Gasteiger partial charge in [0.05, 0.1) is 13.7 Å². The molecule has 3 rings (SSSR count). The maximum Gasteiger partial charge on any atom is 0.242 e. The third-order valence-electron chi connectivity index (χ3n) is 5.76. The van der Waals surface area contributed by atoms with E-state index in [-0.39, 0.29) is 18.4 Å². The van der Waals surface area contributed by atoms with Gasteiger partial charge in [-0.25, -0.2) is 0 Å². The van der Waals surface area contributed by atoms with E-state index in [1.54, 1.807) is 12.0 Å². The molecule has 6 nitrogen and oxygen atoms in total. The van der Waals surface area contributed by atoms with Gasteiger partial charge in [0.1, 0.15) is 5.75 Å². The van der Waals surface area contributed by atoms with Crippen LogP contribution >= 0.6 is 0 Å². The Morgan fingerprint density at radius 3 is 2.44 bits per heavy atom. The molecule has 6 heteroatoms. The third-order valence-corrected chi connectivity index (χ3v) is 5.76. The molecule has 32 heavy (non-hydrogen) atoms. The van der Waals surface area contributed by atoms with Crippen molar-refractivity contribution in [2.45, 2.75) is 39.7 Å². The second-order valence-electron chi connectivity index (χ2n) is 8.07. The summed E-state index contributed by atoms with van der Waals surface area (Å²) in [4.78, 5) is 32.1. The van der Waals surface area contributed by atoms with Gasteiger partial charge in [-0.3, -0.25) is 9.59 Å². The third kappa shape index (κ3) is 6.13. The molecule has 170 valence electrons. The van der Waals surface area contributed by atoms with Gasteiger partial charge in [0, 0.05) is 43.7 Å². The highest BCUT2D eigenvalue weighted by atomic mass is 16.5. The number of carbonyl (C=O) groups is 2. The van der Waals surface area contributed by atoms with Crippen molar-refractivity contribution >= 4 is 22.7 Å². The number of ether oxygens (including phenoxy) is 1. The molecule has 1 N–H and O–H groups in total. The van der Waals surface area contributed by atoms with Crippen LogP contribution in [0, 0.1) is 0 Å². The van der Waals surface area contributed by atoms with E-state index in [1.807, 2.05) is 47.5 Å². The number of nitrogens with one attached hydrogen (secondary N) is 1. The molecule has 0 aliphatic heterocycles. The lowest BCUT2D eigenvalue weighted by Crippen LogP contribution is -2.43. The zero-order chi connectivity index (χ0) is 22.9. The molecule has 0 bridgehead atoms. The lowest BCUT2D eigenvalue weighted by molar-refractivity contribution is -0.139. The number of para-hydroxylation sites is 1. The average molecular weight is 436 g/mol. The first-order chi connectivity index (χ1) is 15.5. The Hall–Kier alpha value is -3.28. The molecule has 0 radical (unpaired) electrons. The number of rotatable bonds is 11. The Morgan fingerprint density at radius 2 is 1.75 bits per heavy atom. The molecule has 1 heterocycles. The summed E-state index contributed by atoms with van der Waals surface area (Å²) in [5.74, 6) is 0.688. The molecule has 0 unspecified atom stereocenters. The van der Waals surface area contributed by atoms with Gasteiger partial charge >= 0.3 is 0 Å². The van der Waals surface area contributed by atoms with Gasteiger partial charge < -0.3 is 19.5 Å². The van der Waals surface area contributed by atoms with Crippen molar-refractivity contribution in [3.8, 4) is 5.75 Å². The van der Waals surface area contributed by atoms with Crippen molar-refractivity contribution in [1.29, 1.82) is 0 Å². The first kappa shape index (κ1) is 23.4. The van der Waals surface area contributed by atoms with Crippen LogP contribution in [0.1, 0.15) is 37.8 Å². The SMILES string of the molecule is CCCCN(CC(=O)N(CCc1c[nH]c2ccccc12)Cc1ccc(OC)cc1)C(C)=O. The summed E-state index contributed by atoms with van der Waals surface area (Å²) < 4.78 is 5.25. The summed E-state index contributed by atoms with van der Waals surface area (Å²) in [7, 11) is 1.64. The van der Waals surface area contributed by atoms with Gasteiger partial charge in [-0.2, -0.15) is 0 Å². The van der Waals surface area contributed by atoms with E-state index in [9.17, 15) is 9.59 Å². The molecule has 0 saturated heterocycles. The number of hydrogen-bond donors (Lipinski definition) is 1. The Morgan fingerprint density at radius 1 is 1.00 bits per heavy atom. The van der Waals surface area contributed by atoms with Crippen molar-refractivity contribution in [3.05, 3.63) is 65.9 Å². The van der Waals surface area contributed by atoms with Crippen LogP contribution in [0.4, 0.5) is 0 Å². The Balaban J connectivity index is 1.75. The molecule has 0 saturated carbocycles. The van der Waals surface area contributed by atoms with Gasteiger partial charge in [-0.05, 0) is 42.2 Å². The van der Waals surface area contributed by atoms with E-state index in [4.69, 9.17) is 4.74 Å². The molecule has 2 aromatic carbocycles. The Labute approximate surface area is 190 Å². The number of benzene rings is 2. The maximum absolute atomic E-state index is 13.3. The number of fused-ring (bicyclic) bond motifs is 1. The summed E-state index contributed by atoms with van der Waals surface area (Å²) in [5, 5.41) is 1.18. The zero-order valence-electron chi connectivity index (χ0n) is 19.3. The van der Waals surface area contributed by atoms with E-state index in [0.29, 0.717) is 19.6 Å². The number of amides is 2. The average Bonchev–Trinajstić information content (AvgIpc) is 3.22. The minimum absolute atomic E-state index is 0.0352. The van der Waals surface area contributed by atoms with Crippen LogP contribution in [-0.4, -0.2) is 53.3 Å². The van der Waals surface area contributed by atoms with Gasteiger partial charge in [-0.15, -0.1) is 0 Å². The van der Waals surface area contributed by atoms with Crippen molar-refractivity contribution < 1.29 is 14.3 Å². The number of aromatic nitrogens is 1. The first-order valence-electron chi connectivity index (χ1n) is 11.2. The molecular weight excluding hydrogens is 402 g/mol. The van der Waals surface area contributed by atoms with E-state index in [2.05, 4.69) is 24.0 Å². The van der Waals surface area contributed by atoms with Crippen molar-refractivity contribution in [2.75, 3.05) is 26.7 Å². The highest BCUT2D eigenvalue weighted by Gasteiger charge is 2.20. The highest BCUT2D eigenvalue weighted by molar-refractivity contribution is 5.84. The van der Waals surface area contributed by atoms with Crippen LogP contribution in [0.2, 0.25) is 0 Å². The monoisotopic (exact) mass is 435 g/mol. The molecule has 2 amide bonds. The summed E-state index contributed by atoms with van der Waals surface area (Å²) in [6.07, 6.45) is 4.62. The summed E-state index contributed by atoms with van der Waals surface area (Å²) in [5.41, 5.74) is 3.31. The zero-order valence-corrected chi connectivity index (χ0v) is 19.3. The number of nitrogens with zero attached hydrogens (tertiary/aromatic N) is 2. The smallest absolute Gasteiger partial charge is 0.242 e. The van der Waals surface area contributed by atoms with Crippen LogP contribution in [0.3, 0.4) is 0 Å². The van der Waals surface area contributed by atoms with Crippen molar-refractivity contribution in [3.63, 3.8) is 0 Å². The largest absolute Gasteiger partial charge is 0.497 e. The van der Waals surface area contributed by atoms with Crippen molar-refractivity contribution in [1.82, 2.24) is 14.8 Å². The number of unbranched alkanes of at least 4 members (excludes halogenated alkanes) is 1. The van der Waals surface area contributed by atoms with E-state index in [0.717, 1.165) is 36.1 Å². The molecule has 0 aliphatic rings. The van der Waals surface area contributed by atoms with Gasteiger partial charge in [-0.1, -0.05) is 43.7 Å². The lowest BCUT2D eigenvalue weighted by Gasteiger charge is -2.27. The maximum atomic E-state index is 13.3. The van der Waals surface area contributed by atoms with Gasteiger partial charge in [0.2, 0.25) is 11.8 Å². The number of methoxy groups -OCH3 is 1. The summed E-state index contributed by atoms with van der Waals surface area (Å²) in [6.45, 7) is 5.40. The number of carbonyl (C=O) groups excluding carboxylic acids is 2. The van der Waals surface area contributed by atoms with E-state index in [1.165, 1.54) is 17.9 Å².